The summed E-state index contributed by atoms with van der Waals surface area (Å²) < 4.78 is 0. The molecule has 74 valence electrons. The fraction of sp³-hybridized carbons (Fsp3) is 0.692. The van der Waals surface area contributed by atoms with E-state index in [1.807, 2.05) is 0 Å². The van der Waals surface area contributed by atoms with Gasteiger partial charge in [-0.1, -0.05) is 31.1 Å². The van der Waals surface area contributed by atoms with E-state index in [2.05, 4.69) is 33.8 Å². The quantitative estimate of drug-likeness (QED) is 0.597. The summed E-state index contributed by atoms with van der Waals surface area (Å²) in [6.45, 7) is 9.04. The second-order valence-electron chi connectivity index (χ2n) is 4.44. The van der Waals surface area contributed by atoms with Gasteiger partial charge >= 0.3 is 0 Å². The van der Waals surface area contributed by atoms with Crippen LogP contribution in [0.4, 0.5) is 0 Å². The molecule has 0 bridgehead atoms. The van der Waals surface area contributed by atoms with Gasteiger partial charge in [0, 0.05) is 0 Å². The predicted octanol–water partition coefficient (Wildman–Crippen LogP) is 4.48. The fourth-order valence-electron chi connectivity index (χ4n) is 2.11. The zero-order valence-electron chi connectivity index (χ0n) is 9.48. The average molecular weight is 178 g/mol. The molecular weight excluding hydrogens is 156 g/mol. The Hall–Kier alpha value is -0.520. The molecule has 0 saturated carbocycles. The van der Waals surface area contributed by atoms with Crippen LogP contribution in [-0.4, -0.2) is 0 Å². The van der Waals surface area contributed by atoms with Gasteiger partial charge in [-0.25, -0.2) is 0 Å². The maximum atomic E-state index is 2.38. The van der Waals surface area contributed by atoms with Crippen molar-refractivity contribution >= 4 is 0 Å². The van der Waals surface area contributed by atoms with Gasteiger partial charge in [-0.15, -0.1) is 0 Å². The average Bonchev–Trinajstić information content (AvgIpc) is 2.50. The Morgan fingerprint density at radius 3 is 2.62 bits per heavy atom. The molecule has 0 aromatic heterocycles. The van der Waals surface area contributed by atoms with Crippen LogP contribution in [0.1, 0.15) is 53.4 Å². The predicted molar refractivity (Wildman–Crippen MR) is 59.8 cm³/mol. The van der Waals surface area contributed by atoms with Crippen molar-refractivity contribution in [2.45, 2.75) is 53.4 Å². The van der Waals surface area contributed by atoms with Gasteiger partial charge in [0.15, 0.2) is 0 Å². The largest absolute Gasteiger partial charge is 0.0762 e. The topological polar surface area (TPSA) is 0 Å². The van der Waals surface area contributed by atoms with E-state index < -0.39 is 0 Å². The molecule has 0 fully saturated rings. The lowest BCUT2D eigenvalue weighted by atomic mass is 9.94. The van der Waals surface area contributed by atoms with Crippen LogP contribution in [0.15, 0.2) is 22.8 Å². The van der Waals surface area contributed by atoms with Crippen LogP contribution >= 0.6 is 0 Å². The van der Waals surface area contributed by atoms with Crippen molar-refractivity contribution in [2.24, 2.45) is 5.92 Å². The van der Waals surface area contributed by atoms with E-state index >= 15 is 0 Å². The molecule has 0 aromatic carbocycles. The van der Waals surface area contributed by atoms with Gasteiger partial charge in [0.05, 0.1) is 0 Å². The molecule has 1 unspecified atom stereocenters. The second kappa shape index (κ2) is 4.64. The Labute approximate surface area is 82.7 Å². The minimum atomic E-state index is 0.799. The summed E-state index contributed by atoms with van der Waals surface area (Å²) in [5.74, 6) is 0.799. The maximum absolute atomic E-state index is 2.38. The van der Waals surface area contributed by atoms with Crippen LogP contribution in [0.25, 0.3) is 0 Å². The smallest absolute Gasteiger partial charge is 0.0228 e. The minimum absolute atomic E-state index is 0.799. The van der Waals surface area contributed by atoms with Crippen molar-refractivity contribution in [3.8, 4) is 0 Å². The first-order chi connectivity index (χ1) is 6.15. The van der Waals surface area contributed by atoms with Gasteiger partial charge in [-0.2, -0.15) is 0 Å². The molecule has 0 N–H and O–H groups in total. The highest BCUT2D eigenvalue weighted by Crippen LogP contribution is 2.33. The van der Waals surface area contributed by atoms with Crippen molar-refractivity contribution in [1.82, 2.24) is 0 Å². The van der Waals surface area contributed by atoms with E-state index in [1.165, 1.54) is 31.3 Å². The molecule has 0 nitrogen and oxygen atoms in total. The number of hydrogen-bond donors (Lipinski definition) is 0. The number of hydrogen-bond acceptors (Lipinski definition) is 0. The van der Waals surface area contributed by atoms with E-state index in [4.69, 9.17) is 0 Å². The summed E-state index contributed by atoms with van der Waals surface area (Å²) in [7, 11) is 0. The molecule has 0 heteroatoms. The fourth-order valence-corrected chi connectivity index (χ4v) is 2.11. The lowest BCUT2D eigenvalue weighted by Gasteiger charge is -2.11. The molecule has 0 saturated heterocycles. The summed E-state index contributed by atoms with van der Waals surface area (Å²) >= 11 is 0. The molecule has 0 heterocycles. The number of rotatable bonds is 3. The molecular formula is C13H22. The van der Waals surface area contributed by atoms with Crippen LogP contribution in [-0.2, 0) is 0 Å². The summed E-state index contributed by atoms with van der Waals surface area (Å²) in [6, 6.07) is 0. The Kier molecular flexibility index (Phi) is 3.77. The summed E-state index contributed by atoms with van der Waals surface area (Å²) in [5.41, 5.74) is 4.80. The maximum Gasteiger partial charge on any atom is -0.0228 e. The zero-order valence-corrected chi connectivity index (χ0v) is 9.48. The summed E-state index contributed by atoms with van der Waals surface area (Å²) in [6.07, 6.45) is 7.70. The highest BCUT2D eigenvalue weighted by Gasteiger charge is 2.16. The Balaban J connectivity index is 2.83. The standard InChI is InChI=1S/C13H22/c1-5-11(4)13-8-6-7-12(13)9-10(2)3/h9,11H,5-8H2,1-4H3. The van der Waals surface area contributed by atoms with Gasteiger partial charge < -0.3 is 0 Å². The summed E-state index contributed by atoms with van der Waals surface area (Å²) in [4.78, 5) is 0. The molecule has 13 heavy (non-hydrogen) atoms. The van der Waals surface area contributed by atoms with Crippen LogP contribution in [0, 0.1) is 5.92 Å². The van der Waals surface area contributed by atoms with Gasteiger partial charge in [0.1, 0.15) is 0 Å². The third-order valence-corrected chi connectivity index (χ3v) is 2.97. The van der Waals surface area contributed by atoms with E-state index in [-0.39, 0.29) is 0 Å². The first-order valence-electron chi connectivity index (χ1n) is 5.52. The van der Waals surface area contributed by atoms with Crippen molar-refractivity contribution < 1.29 is 0 Å². The molecule has 1 atom stereocenters. The SMILES string of the molecule is CCC(C)C1=C(C=C(C)C)CCC1. The summed E-state index contributed by atoms with van der Waals surface area (Å²) in [5, 5.41) is 0. The molecule has 0 aliphatic heterocycles. The van der Waals surface area contributed by atoms with Crippen molar-refractivity contribution in [2.75, 3.05) is 0 Å². The van der Waals surface area contributed by atoms with Gasteiger partial charge in [0.25, 0.3) is 0 Å². The van der Waals surface area contributed by atoms with Gasteiger partial charge in [0.2, 0.25) is 0 Å². The molecule has 0 spiro atoms. The van der Waals surface area contributed by atoms with Crippen LogP contribution < -0.4 is 0 Å². The highest BCUT2D eigenvalue weighted by atomic mass is 14.2. The monoisotopic (exact) mass is 178 g/mol. The third kappa shape index (κ3) is 2.72. The Morgan fingerprint density at radius 2 is 2.08 bits per heavy atom. The minimum Gasteiger partial charge on any atom is -0.0762 e. The zero-order chi connectivity index (χ0) is 9.84. The Morgan fingerprint density at radius 1 is 1.38 bits per heavy atom. The molecule has 1 aliphatic carbocycles. The van der Waals surface area contributed by atoms with E-state index in [0.29, 0.717) is 0 Å². The van der Waals surface area contributed by atoms with E-state index in [1.54, 1.807) is 11.1 Å². The third-order valence-electron chi connectivity index (χ3n) is 2.97. The van der Waals surface area contributed by atoms with Crippen molar-refractivity contribution in [3.05, 3.63) is 22.8 Å². The lowest BCUT2D eigenvalue weighted by molar-refractivity contribution is 0.631. The van der Waals surface area contributed by atoms with Crippen LogP contribution in [0.2, 0.25) is 0 Å². The lowest BCUT2D eigenvalue weighted by Crippen LogP contribution is -1.96. The molecule has 1 rings (SSSR count). The first-order valence-corrected chi connectivity index (χ1v) is 5.52. The molecule has 0 radical (unpaired) electrons. The van der Waals surface area contributed by atoms with Gasteiger partial charge in [-0.05, 0) is 51.0 Å². The highest BCUT2D eigenvalue weighted by molar-refractivity contribution is 5.32. The molecule has 0 aromatic rings. The van der Waals surface area contributed by atoms with Crippen molar-refractivity contribution in [1.29, 1.82) is 0 Å². The van der Waals surface area contributed by atoms with E-state index in [0.717, 1.165) is 5.92 Å². The second-order valence-corrected chi connectivity index (χ2v) is 4.44. The van der Waals surface area contributed by atoms with Crippen molar-refractivity contribution in [3.63, 3.8) is 0 Å². The van der Waals surface area contributed by atoms with Crippen LogP contribution in [0.5, 0.6) is 0 Å². The number of allylic oxidation sites excluding steroid dienone is 4. The Bertz CT molecular complexity index is 226. The normalized spacial score (nSPS) is 19.1. The molecule has 0 amide bonds. The molecule has 1 aliphatic rings. The van der Waals surface area contributed by atoms with E-state index in [9.17, 15) is 0 Å². The first kappa shape index (κ1) is 10.6. The van der Waals surface area contributed by atoms with Gasteiger partial charge in [-0.3, -0.25) is 0 Å². The van der Waals surface area contributed by atoms with Crippen LogP contribution in [0.3, 0.4) is 0 Å².